The van der Waals surface area contributed by atoms with Gasteiger partial charge in [0.25, 0.3) is 0 Å². The van der Waals surface area contributed by atoms with Crippen LogP contribution in [0.3, 0.4) is 0 Å². The van der Waals surface area contributed by atoms with Crippen LogP contribution in [0.1, 0.15) is 17.4 Å². The van der Waals surface area contributed by atoms with Crippen LogP contribution < -0.4 is 10.1 Å². The lowest BCUT2D eigenvalue weighted by Crippen LogP contribution is -2.31. The molecule has 1 atom stereocenters. The molecule has 1 unspecified atom stereocenters. The van der Waals surface area contributed by atoms with Gasteiger partial charge in [-0.15, -0.1) is 0 Å². The number of nitrogens with one attached hydrogen (secondary N) is 1. The van der Waals surface area contributed by atoms with Gasteiger partial charge in [0.1, 0.15) is 11.8 Å². The molecule has 1 aromatic heterocycles. The van der Waals surface area contributed by atoms with Gasteiger partial charge in [-0.25, -0.2) is 4.39 Å². The summed E-state index contributed by atoms with van der Waals surface area (Å²) in [6.07, 6.45) is 1.46. The Labute approximate surface area is 121 Å². The Morgan fingerprint density at radius 2 is 2.29 bits per heavy atom. The molecule has 1 aromatic carbocycles. The van der Waals surface area contributed by atoms with Crippen molar-refractivity contribution in [2.75, 3.05) is 13.7 Å². The molecule has 0 saturated carbocycles. The third kappa shape index (κ3) is 3.82. The number of aliphatic hydroxyl groups is 1. The van der Waals surface area contributed by atoms with Crippen molar-refractivity contribution in [3.63, 3.8) is 0 Å². The average molecular weight is 293 g/mol. The number of ether oxygens (including phenoxy) is 1. The van der Waals surface area contributed by atoms with Crippen LogP contribution in [0.25, 0.3) is 0 Å². The summed E-state index contributed by atoms with van der Waals surface area (Å²) in [5.41, 5.74) is 0.516. The SMILES string of the molecule is COc1ccc(CC(=O)NC(CO)c2ccco2)cc1F. The molecule has 0 aliphatic rings. The van der Waals surface area contributed by atoms with Crippen LogP contribution in [-0.2, 0) is 11.2 Å². The van der Waals surface area contributed by atoms with E-state index in [1.54, 1.807) is 18.2 Å². The molecule has 2 N–H and O–H groups in total. The van der Waals surface area contributed by atoms with Crippen LogP contribution in [-0.4, -0.2) is 24.7 Å². The monoisotopic (exact) mass is 293 g/mol. The van der Waals surface area contributed by atoms with E-state index in [1.165, 1.54) is 25.5 Å². The number of hydrogen-bond acceptors (Lipinski definition) is 4. The van der Waals surface area contributed by atoms with Gasteiger partial charge < -0.3 is 19.6 Å². The van der Waals surface area contributed by atoms with Crippen molar-refractivity contribution in [1.82, 2.24) is 5.32 Å². The van der Waals surface area contributed by atoms with Gasteiger partial charge in [0.2, 0.25) is 5.91 Å². The molecule has 0 aliphatic heterocycles. The highest BCUT2D eigenvalue weighted by atomic mass is 19.1. The minimum Gasteiger partial charge on any atom is -0.494 e. The van der Waals surface area contributed by atoms with Gasteiger partial charge in [-0.2, -0.15) is 0 Å². The van der Waals surface area contributed by atoms with E-state index >= 15 is 0 Å². The van der Waals surface area contributed by atoms with Crippen LogP contribution in [0.15, 0.2) is 41.0 Å². The van der Waals surface area contributed by atoms with Gasteiger partial charge in [0, 0.05) is 0 Å². The number of rotatable bonds is 6. The summed E-state index contributed by atoms with van der Waals surface area (Å²) >= 11 is 0. The lowest BCUT2D eigenvalue weighted by Gasteiger charge is -2.14. The molecular formula is C15H16FNO4. The quantitative estimate of drug-likeness (QED) is 0.852. The first-order chi connectivity index (χ1) is 10.1. The summed E-state index contributed by atoms with van der Waals surface area (Å²) in [6, 6.07) is 7.04. The average Bonchev–Trinajstić information content (AvgIpc) is 2.99. The van der Waals surface area contributed by atoms with Crippen molar-refractivity contribution in [2.45, 2.75) is 12.5 Å². The standard InChI is InChI=1S/C15H16FNO4/c1-20-13-5-4-10(7-11(13)16)8-15(19)17-12(9-18)14-3-2-6-21-14/h2-7,12,18H,8-9H2,1H3,(H,17,19). The maximum absolute atomic E-state index is 13.5. The molecule has 0 radical (unpaired) electrons. The van der Waals surface area contributed by atoms with Gasteiger partial charge in [-0.3, -0.25) is 4.79 Å². The molecule has 0 saturated heterocycles. The Balaban J connectivity index is 1.99. The fraction of sp³-hybridized carbons (Fsp3) is 0.267. The molecule has 1 amide bonds. The van der Waals surface area contributed by atoms with E-state index in [0.29, 0.717) is 11.3 Å². The summed E-state index contributed by atoms with van der Waals surface area (Å²) in [4.78, 5) is 11.9. The highest BCUT2D eigenvalue weighted by Crippen LogP contribution is 2.18. The van der Waals surface area contributed by atoms with Gasteiger partial charge in [0.15, 0.2) is 11.6 Å². The maximum Gasteiger partial charge on any atom is 0.225 e. The highest BCUT2D eigenvalue weighted by molar-refractivity contribution is 5.79. The minimum absolute atomic E-state index is 0.00186. The topological polar surface area (TPSA) is 71.7 Å². The van der Waals surface area contributed by atoms with E-state index in [-0.39, 0.29) is 24.7 Å². The first-order valence-electron chi connectivity index (χ1n) is 6.40. The summed E-state index contributed by atoms with van der Waals surface area (Å²) in [6.45, 7) is -0.282. The molecule has 2 rings (SSSR count). The van der Waals surface area contributed by atoms with Crippen molar-refractivity contribution < 1.29 is 23.4 Å². The van der Waals surface area contributed by atoms with Crippen LogP contribution >= 0.6 is 0 Å². The van der Waals surface area contributed by atoms with E-state index < -0.39 is 11.9 Å². The predicted molar refractivity (Wildman–Crippen MR) is 73.3 cm³/mol. The highest BCUT2D eigenvalue weighted by Gasteiger charge is 2.16. The smallest absolute Gasteiger partial charge is 0.225 e. The van der Waals surface area contributed by atoms with E-state index in [0.717, 1.165) is 0 Å². The minimum atomic E-state index is -0.615. The molecule has 21 heavy (non-hydrogen) atoms. The summed E-state index contributed by atoms with van der Waals surface area (Å²) in [5, 5.41) is 11.9. The van der Waals surface area contributed by atoms with E-state index in [2.05, 4.69) is 5.32 Å². The second-order valence-electron chi connectivity index (χ2n) is 4.46. The number of carbonyl (C=O) groups excluding carboxylic acids is 1. The summed E-state index contributed by atoms with van der Waals surface area (Å²) in [5.74, 6) is -0.266. The normalized spacial score (nSPS) is 12.0. The Morgan fingerprint density at radius 1 is 1.48 bits per heavy atom. The Kier molecular flexibility index (Phi) is 4.94. The van der Waals surface area contributed by atoms with Crippen LogP contribution in [0.5, 0.6) is 5.75 Å². The zero-order valence-electron chi connectivity index (χ0n) is 11.5. The maximum atomic E-state index is 13.5. The van der Waals surface area contributed by atoms with Crippen LogP contribution in [0.2, 0.25) is 0 Å². The van der Waals surface area contributed by atoms with Crippen molar-refractivity contribution in [1.29, 1.82) is 0 Å². The molecule has 5 nitrogen and oxygen atoms in total. The summed E-state index contributed by atoms with van der Waals surface area (Å²) in [7, 11) is 1.38. The molecule has 112 valence electrons. The fourth-order valence-electron chi connectivity index (χ4n) is 1.95. The number of hydrogen-bond donors (Lipinski definition) is 2. The van der Waals surface area contributed by atoms with Crippen molar-refractivity contribution in [2.24, 2.45) is 0 Å². The molecule has 0 fully saturated rings. The van der Waals surface area contributed by atoms with Gasteiger partial charge >= 0.3 is 0 Å². The van der Waals surface area contributed by atoms with Gasteiger partial charge in [-0.05, 0) is 29.8 Å². The van der Waals surface area contributed by atoms with Crippen LogP contribution in [0, 0.1) is 5.82 Å². The van der Waals surface area contributed by atoms with Crippen molar-refractivity contribution in [3.8, 4) is 5.75 Å². The molecular weight excluding hydrogens is 277 g/mol. The first kappa shape index (κ1) is 15.1. The summed E-state index contributed by atoms with van der Waals surface area (Å²) < 4.78 is 23.5. The number of halogens is 1. The zero-order chi connectivity index (χ0) is 15.2. The first-order valence-corrected chi connectivity index (χ1v) is 6.40. The molecule has 6 heteroatoms. The Bertz CT molecular complexity index is 598. The van der Waals surface area contributed by atoms with Crippen molar-refractivity contribution >= 4 is 5.91 Å². The number of furan rings is 1. The molecule has 2 aromatic rings. The van der Waals surface area contributed by atoms with Crippen LogP contribution in [0.4, 0.5) is 4.39 Å². The number of methoxy groups -OCH3 is 1. The van der Waals surface area contributed by atoms with E-state index in [1.807, 2.05) is 0 Å². The zero-order valence-corrected chi connectivity index (χ0v) is 11.5. The second kappa shape index (κ2) is 6.90. The number of carbonyl (C=O) groups is 1. The Morgan fingerprint density at radius 3 is 2.86 bits per heavy atom. The van der Waals surface area contributed by atoms with E-state index in [9.17, 15) is 14.3 Å². The van der Waals surface area contributed by atoms with Gasteiger partial charge in [0.05, 0.1) is 26.4 Å². The largest absolute Gasteiger partial charge is 0.494 e. The lowest BCUT2D eigenvalue weighted by atomic mass is 10.1. The third-order valence-corrected chi connectivity index (χ3v) is 2.99. The number of benzene rings is 1. The van der Waals surface area contributed by atoms with E-state index in [4.69, 9.17) is 9.15 Å². The molecule has 0 spiro atoms. The molecule has 1 heterocycles. The predicted octanol–water partition coefficient (Wildman–Crippen LogP) is 1.82. The third-order valence-electron chi connectivity index (χ3n) is 2.99. The lowest BCUT2D eigenvalue weighted by molar-refractivity contribution is -0.121. The van der Waals surface area contributed by atoms with Crippen molar-refractivity contribution in [3.05, 3.63) is 53.7 Å². The molecule has 0 aliphatic carbocycles. The number of amides is 1. The fourth-order valence-corrected chi connectivity index (χ4v) is 1.95. The Hall–Kier alpha value is -2.34. The molecule has 0 bridgehead atoms. The second-order valence-corrected chi connectivity index (χ2v) is 4.46. The number of aliphatic hydroxyl groups excluding tert-OH is 1. The van der Waals surface area contributed by atoms with Gasteiger partial charge in [-0.1, -0.05) is 6.07 Å².